The van der Waals surface area contributed by atoms with Crippen LogP contribution in [0.25, 0.3) is 22.3 Å². The van der Waals surface area contributed by atoms with E-state index in [2.05, 4.69) is 46.6 Å². The van der Waals surface area contributed by atoms with Gasteiger partial charge in [0.15, 0.2) is 0 Å². The summed E-state index contributed by atoms with van der Waals surface area (Å²) in [6.07, 6.45) is -1.70. The van der Waals surface area contributed by atoms with E-state index in [1.807, 2.05) is 0 Å². The smallest absolute Gasteiger partial charge is 0.497 e. The van der Waals surface area contributed by atoms with Gasteiger partial charge < -0.3 is 67.5 Å². The lowest BCUT2D eigenvalue weighted by Gasteiger charge is -2.13. The highest BCUT2D eigenvalue weighted by molar-refractivity contribution is 6.09. The Bertz CT molecular complexity index is 2700. The van der Waals surface area contributed by atoms with Gasteiger partial charge in [-0.3, -0.25) is 19.2 Å². The summed E-state index contributed by atoms with van der Waals surface area (Å²) in [5.41, 5.74) is 15.1. The van der Waals surface area contributed by atoms with Crippen molar-refractivity contribution in [3.8, 4) is 39.5 Å². The van der Waals surface area contributed by atoms with Crippen LogP contribution in [0.3, 0.4) is 0 Å². The Morgan fingerprint density at radius 1 is 0.538 bits per heavy atom. The summed E-state index contributed by atoms with van der Waals surface area (Å²) in [5.74, 6) is -1.07. The SMILES string of the molecule is CC(=O)Nc1[nH]cc(-c2ccc(NC(=O)Nc3ccc(OC(F)(F)F)cc3)cc2)c1C(N)=O.COc1ccc(OC)c(NC(=O)Nc2ccc(-c3c[nH]c(NC(C)=O)c3C(N)=O)cc2)c1. The summed E-state index contributed by atoms with van der Waals surface area (Å²) in [5, 5.41) is 15.5. The van der Waals surface area contributed by atoms with Gasteiger partial charge in [0.2, 0.25) is 11.8 Å². The summed E-state index contributed by atoms with van der Waals surface area (Å²) < 4.78 is 50.8. The van der Waals surface area contributed by atoms with Crippen molar-refractivity contribution in [2.24, 2.45) is 11.5 Å². The number of nitrogens with two attached hydrogens (primary N) is 2. The molecule has 6 aromatic rings. The molecule has 0 radical (unpaired) electrons. The maximum atomic E-state index is 12.4. The first-order valence-corrected chi connectivity index (χ1v) is 18.9. The number of hydrogen-bond acceptors (Lipinski definition) is 9. The van der Waals surface area contributed by atoms with Crippen molar-refractivity contribution < 1.29 is 56.1 Å². The fourth-order valence-electron chi connectivity index (χ4n) is 6.06. The van der Waals surface area contributed by atoms with Gasteiger partial charge in [-0.1, -0.05) is 24.3 Å². The Hall–Kier alpha value is -8.95. The summed E-state index contributed by atoms with van der Waals surface area (Å²) in [7, 11) is 3.03. The van der Waals surface area contributed by atoms with Crippen LogP contribution in [0, 0.1) is 0 Å². The fourth-order valence-corrected chi connectivity index (χ4v) is 6.06. The van der Waals surface area contributed by atoms with Gasteiger partial charge in [0.1, 0.15) is 28.9 Å². The molecule has 8 amide bonds. The highest BCUT2D eigenvalue weighted by Gasteiger charge is 2.31. The molecule has 4 aromatic carbocycles. The van der Waals surface area contributed by atoms with Crippen molar-refractivity contribution in [2.75, 3.05) is 46.1 Å². The quantitative estimate of drug-likeness (QED) is 0.0543. The summed E-state index contributed by atoms with van der Waals surface area (Å²) >= 11 is 0. The number of carbonyl (C=O) groups excluding carboxylic acids is 6. The van der Waals surface area contributed by atoms with Crippen LogP contribution in [0.4, 0.5) is 57.1 Å². The van der Waals surface area contributed by atoms with E-state index in [0.29, 0.717) is 50.8 Å². The summed E-state index contributed by atoms with van der Waals surface area (Å²) in [6.45, 7) is 2.62. The van der Waals surface area contributed by atoms with Gasteiger partial charge >= 0.3 is 18.4 Å². The zero-order valence-corrected chi connectivity index (χ0v) is 34.8. The van der Waals surface area contributed by atoms with E-state index >= 15 is 0 Å². The Kier molecular flexibility index (Phi) is 15.0. The number of alkyl halides is 3. The maximum absolute atomic E-state index is 12.4. The Balaban J connectivity index is 0.000000244. The molecule has 0 aliphatic rings. The molecule has 2 heterocycles. The van der Waals surface area contributed by atoms with Crippen LogP contribution in [0.5, 0.6) is 17.2 Å². The number of primary amides is 2. The molecule has 2 aromatic heterocycles. The number of halogens is 3. The standard InChI is InChI=1S/C22H23N5O5.C21H18F3N5O4/c1-12(28)25-21-19(20(23)29)16(11-24-21)13-4-6-14(7-5-13)26-22(30)27-17-10-15(31-2)8-9-18(17)32-3;1-11(30)27-19-17(18(25)31)16(10-26-19)12-2-4-13(5-3-12)28-20(32)29-14-6-8-15(9-7-14)33-21(22,23)24/h4-11,24H,1-3H3,(H2,23,29)(H,25,28)(H2,26,27,30);2-10,26H,1H3,(H2,25,31)(H,27,30)(H2,28,29,32). The molecule has 6 rings (SSSR count). The Morgan fingerprint density at radius 2 is 0.938 bits per heavy atom. The number of urea groups is 2. The number of aromatic amines is 2. The normalized spacial score (nSPS) is 10.6. The second-order valence-corrected chi connectivity index (χ2v) is 13.4. The van der Waals surface area contributed by atoms with Crippen molar-refractivity contribution in [1.29, 1.82) is 0 Å². The molecule has 0 saturated carbocycles. The van der Waals surface area contributed by atoms with E-state index < -0.39 is 36.0 Å². The monoisotopic (exact) mass is 898 g/mol. The molecule has 0 aliphatic heterocycles. The van der Waals surface area contributed by atoms with Crippen LogP contribution in [0.15, 0.2) is 103 Å². The van der Waals surface area contributed by atoms with Gasteiger partial charge in [0, 0.05) is 60.5 Å². The number of hydrogen-bond donors (Lipinski definition) is 10. The average molecular weight is 899 g/mol. The number of nitrogens with one attached hydrogen (secondary N) is 8. The van der Waals surface area contributed by atoms with Gasteiger partial charge in [0.25, 0.3) is 11.8 Å². The van der Waals surface area contributed by atoms with E-state index in [1.165, 1.54) is 46.4 Å². The Morgan fingerprint density at radius 3 is 1.31 bits per heavy atom. The minimum absolute atomic E-state index is 0.113. The number of rotatable bonds is 13. The summed E-state index contributed by atoms with van der Waals surface area (Å²) in [6, 6.07) is 21.8. The van der Waals surface area contributed by atoms with Gasteiger partial charge in [0.05, 0.1) is 31.0 Å². The summed E-state index contributed by atoms with van der Waals surface area (Å²) in [4.78, 5) is 76.6. The van der Waals surface area contributed by atoms with Crippen molar-refractivity contribution >= 4 is 70.1 Å². The van der Waals surface area contributed by atoms with Crippen LogP contribution < -0.4 is 57.6 Å². The first-order chi connectivity index (χ1) is 30.8. The molecule has 0 unspecified atom stereocenters. The highest BCUT2D eigenvalue weighted by atomic mass is 19.4. The van der Waals surface area contributed by atoms with Gasteiger partial charge in [-0.15, -0.1) is 13.2 Å². The second kappa shape index (κ2) is 20.7. The second-order valence-electron chi connectivity index (χ2n) is 13.4. The first-order valence-electron chi connectivity index (χ1n) is 18.9. The van der Waals surface area contributed by atoms with Crippen LogP contribution >= 0.6 is 0 Å². The zero-order valence-electron chi connectivity index (χ0n) is 34.8. The number of carbonyl (C=O) groups is 6. The number of H-pyrrole nitrogens is 2. The minimum atomic E-state index is -4.80. The molecule has 0 saturated heterocycles. The number of benzene rings is 4. The third-order valence-electron chi connectivity index (χ3n) is 8.76. The Labute approximate surface area is 367 Å². The van der Waals surface area contributed by atoms with Gasteiger partial charge in [-0.25, -0.2) is 9.59 Å². The average Bonchev–Trinajstić information content (AvgIpc) is 3.86. The molecule has 0 aliphatic carbocycles. The fraction of sp³-hybridized carbons (Fsp3) is 0.116. The predicted octanol–water partition coefficient (Wildman–Crippen LogP) is 7.68. The highest BCUT2D eigenvalue weighted by Crippen LogP contribution is 2.33. The van der Waals surface area contributed by atoms with E-state index in [1.54, 1.807) is 72.9 Å². The molecule has 0 atom stereocenters. The third kappa shape index (κ3) is 13.0. The van der Waals surface area contributed by atoms with Crippen molar-refractivity contribution in [2.45, 2.75) is 20.2 Å². The molecule has 338 valence electrons. The van der Waals surface area contributed by atoms with E-state index in [-0.39, 0.29) is 40.3 Å². The number of methoxy groups -OCH3 is 2. The lowest BCUT2D eigenvalue weighted by Crippen LogP contribution is -2.19. The van der Waals surface area contributed by atoms with Crippen molar-refractivity contribution in [3.05, 3.63) is 115 Å². The lowest BCUT2D eigenvalue weighted by atomic mass is 10.0. The molecule has 65 heavy (non-hydrogen) atoms. The van der Waals surface area contributed by atoms with Crippen LogP contribution in [-0.2, 0) is 9.59 Å². The molecular weight excluding hydrogens is 858 g/mol. The predicted molar refractivity (Wildman–Crippen MR) is 236 cm³/mol. The van der Waals surface area contributed by atoms with Crippen LogP contribution in [-0.4, -0.2) is 66.2 Å². The van der Waals surface area contributed by atoms with Gasteiger partial charge in [-0.05, 0) is 71.8 Å². The number of aromatic nitrogens is 2. The molecule has 12 N–H and O–H groups in total. The van der Waals surface area contributed by atoms with Crippen LogP contribution in [0.2, 0.25) is 0 Å². The number of amides is 8. The third-order valence-corrected chi connectivity index (χ3v) is 8.76. The maximum Gasteiger partial charge on any atom is 0.573 e. The minimum Gasteiger partial charge on any atom is -0.497 e. The first kappa shape index (κ1) is 47.1. The number of ether oxygens (including phenoxy) is 3. The van der Waals surface area contributed by atoms with E-state index in [0.717, 1.165) is 12.1 Å². The molecule has 0 spiro atoms. The van der Waals surface area contributed by atoms with E-state index in [9.17, 15) is 41.9 Å². The van der Waals surface area contributed by atoms with Crippen molar-refractivity contribution in [3.63, 3.8) is 0 Å². The van der Waals surface area contributed by atoms with E-state index in [4.69, 9.17) is 20.9 Å². The lowest BCUT2D eigenvalue weighted by molar-refractivity contribution is -0.274. The van der Waals surface area contributed by atoms with Gasteiger partial charge in [-0.2, -0.15) is 0 Å². The molecule has 22 heteroatoms. The molecule has 19 nitrogen and oxygen atoms in total. The molecular formula is C43H41F3N10O9. The number of anilines is 6. The van der Waals surface area contributed by atoms with Crippen LogP contribution in [0.1, 0.15) is 34.6 Å². The topological polar surface area (TPSA) is 286 Å². The van der Waals surface area contributed by atoms with Crippen molar-refractivity contribution in [1.82, 2.24) is 9.97 Å². The molecule has 0 fully saturated rings. The zero-order chi connectivity index (χ0) is 47.4. The molecule has 0 bridgehead atoms. The largest absolute Gasteiger partial charge is 0.573 e.